The number of hydrogen-bond donors (Lipinski definition) is 5. The summed E-state index contributed by atoms with van der Waals surface area (Å²) in [6.45, 7) is 0.400. The molecule has 2 aromatic carbocycles. The fourth-order valence-electron chi connectivity index (χ4n) is 3.62. The van der Waals surface area contributed by atoms with Crippen molar-refractivity contribution in [1.82, 2.24) is 20.5 Å². The minimum Gasteiger partial charge on any atom is -0.479 e. The number of hydrogen-bond acceptors (Lipinski definition) is 7. The molecule has 4 rings (SSSR count). The van der Waals surface area contributed by atoms with Gasteiger partial charge in [0.15, 0.2) is 5.54 Å². The largest absolute Gasteiger partial charge is 0.479 e. The predicted octanol–water partition coefficient (Wildman–Crippen LogP) is 1.73. The van der Waals surface area contributed by atoms with Crippen LogP contribution in [0.4, 0.5) is 10.7 Å². The molecule has 0 spiro atoms. The smallest absolute Gasteiger partial charge is 0.414 e. The first-order valence-corrected chi connectivity index (χ1v) is 10.0. The van der Waals surface area contributed by atoms with Crippen molar-refractivity contribution in [3.63, 3.8) is 0 Å². The van der Waals surface area contributed by atoms with Crippen molar-refractivity contribution in [2.45, 2.75) is 18.4 Å². The third-order valence-corrected chi connectivity index (χ3v) is 5.44. The Bertz CT molecular complexity index is 1180. The number of benzene rings is 2. The summed E-state index contributed by atoms with van der Waals surface area (Å²) in [4.78, 5) is 39.5. The second kappa shape index (κ2) is 8.71. The summed E-state index contributed by atoms with van der Waals surface area (Å²) >= 11 is 0. The number of carboxylic acid groups (broad SMARTS) is 1. The van der Waals surface area contributed by atoms with Gasteiger partial charge in [-0.25, -0.2) is 9.59 Å². The van der Waals surface area contributed by atoms with E-state index in [0.717, 1.165) is 29.2 Å². The van der Waals surface area contributed by atoms with E-state index >= 15 is 0 Å². The summed E-state index contributed by atoms with van der Waals surface area (Å²) in [6, 6.07) is 15.8. The van der Waals surface area contributed by atoms with Crippen molar-refractivity contribution in [2.75, 3.05) is 18.5 Å². The number of ether oxygens (including phenoxy) is 1. The number of aliphatic hydroxyl groups is 1. The fourth-order valence-corrected chi connectivity index (χ4v) is 3.62. The Labute approximate surface area is 187 Å². The molecule has 0 saturated carbocycles. The SMILES string of the molecule is CC(CO)(NC(=O)c1nc(NC(=O)OCC2c3ccccc3-c3ccccc32)n[nH]1)C(=O)O. The Hall–Kier alpha value is -4.25. The van der Waals surface area contributed by atoms with Gasteiger partial charge in [-0.05, 0) is 29.2 Å². The average molecular weight is 451 g/mol. The molecule has 11 nitrogen and oxygen atoms in total. The molecule has 1 heterocycles. The van der Waals surface area contributed by atoms with Gasteiger partial charge >= 0.3 is 12.1 Å². The van der Waals surface area contributed by atoms with E-state index in [2.05, 4.69) is 25.8 Å². The zero-order chi connectivity index (χ0) is 23.6. The quantitative estimate of drug-likeness (QED) is 0.362. The molecule has 1 aromatic heterocycles. The summed E-state index contributed by atoms with van der Waals surface area (Å²) in [5.74, 6) is -3.02. The first-order chi connectivity index (χ1) is 15.8. The lowest BCUT2D eigenvalue weighted by atomic mass is 9.98. The molecule has 0 saturated heterocycles. The Morgan fingerprint density at radius 2 is 1.70 bits per heavy atom. The number of aromatic nitrogens is 3. The lowest BCUT2D eigenvalue weighted by Crippen LogP contribution is -2.55. The van der Waals surface area contributed by atoms with Crippen molar-refractivity contribution >= 4 is 23.9 Å². The maximum atomic E-state index is 12.3. The van der Waals surface area contributed by atoms with Crippen molar-refractivity contribution in [3.05, 3.63) is 65.5 Å². The summed E-state index contributed by atoms with van der Waals surface area (Å²) in [5, 5.41) is 28.8. The number of H-pyrrole nitrogens is 1. The molecular weight excluding hydrogens is 430 g/mol. The first-order valence-electron chi connectivity index (χ1n) is 10.0. The minimum atomic E-state index is -1.90. The molecule has 0 fully saturated rings. The molecule has 1 aliphatic rings. The van der Waals surface area contributed by atoms with Gasteiger partial charge in [-0.2, -0.15) is 4.98 Å². The predicted molar refractivity (Wildman–Crippen MR) is 116 cm³/mol. The summed E-state index contributed by atoms with van der Waals surface area (Å²) in [6.07, 6.45) is -0.812. The molecule has 0 bridgehead atoms. The maximum absolute atomic E-state index is 12.3. The number of aromatic amines is 1. The van der Waals surface area contributed by atoms with E-state index < -0.39 is 30.1 Å². The van der Waals surface area contributed by atoms with Crippen molar-refractivity contribution < 1.29 is 29.3 Å². The molecule has 170 valence electrons. The van der Waals surface area contributed by atoms with Crippen LogP contribution in [0, 0.1) is 0 Å². The molecule has 0 radical (unpaired) electrons. The number of aliphatic carboxylic acids is 1. The van der Waals surface area contributed by atoms with Crippen molar-refractivity contribution in [3.8, 4) is 11.1 Å². The van der Waals surface area contributed by atoms with Gasteiger partial charge in [0, 0.05) is 5.92 Å². The highest BCUT2D eigenvalue weighted by Gasteiger charge is 2.35. The van der Waals surface area contributed by atoms with Crippen LogP contribution in [-0.2, 0) is 9.53 Å². The Morgan fingerprint density at radius 3 is 2.27 bits per heavy atom. The van der Waals surface area contributed by atoms with Gasteiger partial charge in [-0.15, -0.1) is 5.10 Å². The van der Waals surface area contributed by atoms with Gasteiger partial charge in [0.25, 0.3) is 11.9 Å². The normalized spacial score (nSPS) is 14.0. The standard InChI is InChI=1S/C22H21N5O6/c1-22(11-28,19(30)31)25-18(29)17-23-20(27-26-17)24-21(32)33-10-16-14-8-4-2-6-12(14)13-7-3-5-9-15(13)16/h2-9,16,28H,10-11H2,1H3,(H,25,29)(H,30,31)(H2,23,24,26,27,32). The van der Waals surface area contributed by atoms with Crippen LogP contribution in [0.3, 0.4) is 0 Å². The van der Waals surface area contributed by atoms with Gasteiger partial charge in [-0.1, -0.05) is 48.5 Å². The second-order valence-electron chi connectivity index (χ2n) is 7.71. The Kier molecular flexibility index (Phi) is 5.80. The number of nitrogens with zero attached hydrogens (tertiary/aromatic N) is 2. The van der Waals surface area contributed by atoms with E-state index in [-0.39, 0.29) is 24.3 Å². The van der Waals surface area contributed by atoms with Crippen LogP contribution >= 0.6 is 0 Å². The lowest BCUT2D eigenvalue weighted by Gasteiger charge is -2.22. The number of carboxylic acids is 1. The third-order valence-electron chi connectivity index (χ3n) is 5.44. The molecule has 2 amide bonds. The molecule has 1 aliphatic carbocycles. The summed E-state index contributed by atoms with van der Waals surface area (Å²) in [5.41, 5.74) is 2.43. The molecular formula is C22H21N5O6. The number of amides is 2. The monoisotopic (exact) mass is 451 g/mol. The van der Waals surface area contributed by atoms with Crippen molar-refractivity contribution in [1.29, 1.82) is 0 Å². The van der Waals surface area contributed by atoms with Gasteiger partial charge in [0.1, 0.15) is 6.61 Å². The van der Waals surface area contributed by atoms with Crippen LogP contribution in [0.15, 0.2) is 48.5 Å². The van der Waals surface area contributed by atoms with Gasteiger partial charge in [0.2, 0.25) is 5.82 Å². The van der Waals surface area contributed by atoms with Gasteiger partial charge in [0.05, 0.1) is 6.61 Å². The Morgan fingerprint density at radius 1 is 1.09 bits per heavy atom. The molecule has 3 aromatic rings. The van der Waals surface area contributed by atoms with Crippen LogP contribution in [0.1, 0.15) is 34.6 Å². The summed E-state index contributed by atoms with van der Waals surface area (Å²) in [7, 11) is 0. The topological polar surface area (TPSA) is 167 Å². The number of rotatable bonds is 7. The minimum absolute atomic E-state index is 0.0884. The molecule has 1 atom stereocenters. The third kappa shape index (κ3) is 4.26. The van der Waals surface area contributed by atoms with E-state index in [1.165, 1.54) is 0 Å². The summed E-state index contributed by atoms with van der Waals surface area (Å²) < 4.78 is 5.39. The molecule has 0 aliphatic heterocycles. The number of carbonyl (C=O) groups is 3. The Balaban J connectivity index is 1.38. The van der Waals surface area contributed by atoms with Gasteiger partial charge < -0.3 is 20.3 Å². The fraction of sp³-hybridized carbons (Fsp3) is 0.227. The lowest BCUT2D eigenvalue weighted by molar-refractivity contribution is -0.145. The highest BCUT2D eigenvalue weighted by atomic mass is 16.5. The zero-order valence-electron chi connectivity index (χ0n) is 17.5. The number of anilines is 1. The van der Waals surface area contributed by atoms with Crippen LogP contribution in [-0.4, -0.2) is 62.1 Å². The molecule has 33 heavy (non-hydrogen) atoms. The first kappa shape index (κ1) is 22.0. The van der Waals surface area contributed by atoms with E-state index in [9.17, 15) is 19.5 Å². The van der Waals surface area contributed by atoms with E-state index in [0.29, 0.717) is 0 Å². The highest BCUT2D eigenvalue weighted by molar-refractivity contribution is 5.95. The number of carbonyl (C=O) groups excluding carboxylic acids is 2. The zero-order valence-corrected chi connectivity index (χ0v) is 17.5. The van der Waals surface area contributed by atoms with Crippen molar-refractivity contribution in [2.24, 2.45) is 0 Å². The number of fused-ring (bicyclic) bond motifs is 3. The van der Waals surface area contributed by atoms with E-state index in [1.54, 1.807) is 0 Å². The molecule has 11 heteroatoms. The van der Waals surface area contributed by atoms with E-state index in [4.69, 9.17) is 9.84 Å². The van der Waals surface area contributed by atoms with Crippen LogP contribution < -0.4 is 10.6 Å². The maximum Gasteiger partial charge on any atom is 0.414 e. The number of aliphatic hydroxyl groups excluding tert-OH is 1. The molecule has 1 unspecified atom stereocenters. The molecule has 5 N–H and O–H groups in total. The highest BCUT2D eigenvalue weighted by Crippen LogP contribution is 2.44. The van der Waals surface area contributed by atoms with Crippen LogP contribution in [0.5, 0.6) is 0 Å². The van der Waals surface area contributed by atoms with Crippen LogP contribution in [0.25, 0.3) is 11.1 Å². The average Bonchev–Trinajstić information content (AvgIpc) is 3.40. The van der Waals surface area contributed by atoms with E-state index in [1.807, 2.05) is 48.5 Å². The number of nitrogens with one attached hydrogen (secondary N) is 3. The van der Waals surface area contributed by atoms with Crippen LogP contribution in [0.2, 0.25) is 0 Å². The second-order valence-corrected chi connectivity index (χ2v) is 7.71. The van der Waals surface area contributed by atoms with Gasteiger partial charge in [-0.3, -0.25) is 15.2 Å².